The van der Waals surface area contributed by atoms with Crippen LogP contribution in [0, 0.1) is 10.8 Å². The molecule has 0 saturated carbocycles. The highest BCUT2D eigenvalue weighted by Gasteiger charge is 2.37. The van der Waals surface area contributed by atoms with Gasteiger partial charge in [0.1, 0.15) is 0 Å². The predicted molar refractivity (Wildman–Crippen MR) is 100 cm³/mol. The summed E-state index contributed by atoms with van der Waals surface area (Å²) in [7, 11) is 0. The quantitative estimate of drug-likeness (QED) is 0.915. The highest BCUT2D eigenvalue weighted by molar-refractivity contribution is 5.81. The second-order valence-electron chi connectivity index (χ2n) is 9.01. The van der Waals surface area contributed by atoms with Crippen LogP contribution in [-0.4, -0.2) is 15.7 Å². The van der Waals surface area contributed by atoms with Crippen LogP contribution in [0.1, 0.15) is 63.9 Å². The summed E-state index contributed by atoms with van der Waals surface area (Å²) in [6.45, 7) is 11.2. The van der Waals surface area contributed by atoms with Crippen molar-refractivity contribution in [1.29, 1.82) is 0 Å². The van der Waals surface area contributed by atoms with Crippen molar-refractivity contribution < 1.29 is 4.79 Å². The van der Waals surface area contributed by atoms with Crippen LogP contribution in [0.15, 0.2) is 36.5 Å². The van der Waals surface area contributed by atoms with Gasteiger partial charge in [-0.15, -0.1) is 0 Å². The van der Waals surface area contributed by atoms with Crippen LogP contribution in [0.2, 0.25) is 0 Å². The van der Waals surface area contributed by atoms with Gasteiger partial charge in [0, 0.05) is 16.7 Å². The van der Waals surface area contributed by atoms with Crippen LogP contribution in [0.25, 0.3) is 0 Å². The van der Waals surface area contributed by atoms with Crippen LogP contribution in [0.3, 0.4) is 0 Å². The van der Waals surface area contributed by atoms with E-state index in [0.717, 1.165) is 19.4 Å². The van der Waals surface area contributed by atoms with Gasteiger partial charge in [-0.25, -0.2) is 0 Å². The molecule has 4 heteroatoms. The van der Waals surface area contributed by atoms with Crippen molar-refractivity contribution in [3.8, 4) is 0 Å². The van der Waals surface area contributed by atoms with Gasteiger partial charge in [-0.05, 0) is 23.8 Å². The molecule has 0 aliphatic heterocycles. The highest BCUT2D eigenvalue weighted by Crippen LogP contribution is 2.41. The van der Waals surface area contributed by atoms with E-state index in [2.05, 4.69) is 53.2 Å². The molecule has 3 rings (SSSR count). The van der Waals surface area contributed by atoms with Gasteiger partial charge in [0.05, 0.1) is 18.8 Å². The molecule has 0 saturated heterocycles. The number of hydrogen-bond acceptors (Lipinski definition) is 2. The number of fused-ring (bicyclic) bond motifs is 1. The van der Waals surface area contributed by atoms with Crippen molar-refractivity contribution in [3.63, 3.8) is 0 Å². The van der Waals surface area contributed by atoms with E-state index in [1.807, 2.05) is 33.0 Å². The first kappa shape index (κ1) is 17.7. The number of amides is 1. The van der Waals surface area contributed by atoms with E-state index >= 15 is 0 Å². The standard InChI is InChI=1S/C21H29N3O/c1-20(2,3)19(25)23-17-11-21(4,5)12-18-16(17)13-22-24(18)14-15-9-7-6-8-10-15/h6-10,13,17H,11-12,14H2,1-5H3,(H,23,25)/t17-/m1/s1. The minimum atomic E-state index is -0.387. The minimum Gasteiger partial charge on any atom is -0.349 e. The topological polar surface area (TPSA) is 46.9 Å². The van der Waals surface area contributed by atoms with Crippen molar-refractivity contribution in [2.75, 3.05) is 0 Å². The molecule has 0 radical (unpaired) electrons. The second kappa shape index (κ2) is 6.32. The van der Waals surface area contributed by atoms with Crippen molar-refractivity contribution in [2.45, 2.75) is 60.0 Å². The molecule has 1 aliphatic rings. The van der Waals surface area contributed by atoms with Crippen LogP contribution in [0.4, 0.5) is 0 Å². The van der Waals surface area contributed by atoms with Gasteiger partial charge >= 0.3 is 0 Å². The second-order valence-corrected chi connectivity index (χ2v) is 9.01. The van der Waals surface area contributed by atoms with Crippen molar-refractivity contribution in [3.05, 3.63) is 53.3 Å². The van der Waals surface area contributed by atoms with E-state index < -0.39 is 0 Å². The summed E-state index contributed by atoms with van der Waals surface area (Å²) in [5.74, 6) is 0.0944. The van der Waals surface area contributed by atoms with Crippen LogP contribution in [0.5, 0.6) is 0 Å². The van der Waals surface area contributed by atoms with Gasteiger partial charge in [0.2, 0.25) is 5.91 Å². The fourth-order valence-electron chi connectivity index (χ4n) is 3.49. The molecule has 134 valence electrons. The predicted octanol–water partition coefficient (Wildman–Crippen LogP) is 4.11. The summed E-state index contributed by atoms with van der Waals surface area (Å²) >= 11 is 0. The lowest BCUT2D eigenvalue weighted by Crippen LogP contribution is -2.41. The Morgan fingerprint density at radius 3 is 2.60 bits per heavy atom. The van der Waals surface area contributed by atoms with Crippen molar-refractivity contribution >= 4 is 5.91 Å². The molecule has 1 aromatic carbocycles. The Hall–Kier alpha value is -2.10. The molecule has 1 aliphatic carbocycles. The molecule has 2 aromatic rings. The Bertz CT molecular complexity index is 753. The lowest BCUT2D eigenvalue weighted by molar-refractivity contribution is -0.129. The van der Waals surface area contributed by atoms with Gasteiger partial charge in [-0.3, -0.25) is 9.48 Å². The molecule has 1 amide bonds. The summed E-state index contributed by atoms with van der Waals surface area (Å²) in [5, 5.41) is 7.90. The lowest BCUT2D eigenvalue weighted by atomic mass is 9.74. The fraction of sp³-hybridized carbons (Fsp3) is 0.524. The summed E-state index contributed by atoms with van der Waals surface area (Å²) in [5.41, 5.74) is 3.42. The molecule has 0 spiro atoms. The monoisotopic (exact) mass is 339 g/mol. The molecule has 0 bridgehead atoms. The first-order valence-corrected chi connectivity index (χ1v) is 9.05. The summed E-state index contributed by atoms with van der Waals surface area (Å²) in [6, 6.07) is 10.4. The average Bonchev–Trinajstić information content (AvgIpc) is 2.89. The molecule has 0 fully saturated rings. The maximum Gasteiger partial charge on any atom is 0.225 e. The maximum atomic E-state index is 12.5. The molecular weight excluding hydrogens is 310 g/mol. The number of benzene rings is 1. The Balaban J connectivity index is 1.90. The number of hydrogen-bond donors (Lipinski definition) is 1. The Morgan fingerprint density at radius 1 is 1.28 bits per heavy atom. The molecule has 25 heavy (non-hydrogen) atoms. The number of aromatic nitrogens is 2. The zero-order chi connectivity index (χ0) is 18.2. The first-order chi connectivity index (χ1) is 11.7. The number of nitrogens with zero attached hydrogens (tertiary/aromatic N) is 2. The summed E-state index contributed by atoms with van der Waals surface area (Å²) in [6.07, 6.45) is 3.87. The van der Waals surface area contributed by atoms with Crippen molar-refractivity contribution in [2.24, 2.45) is 10.8 Å². The maximum absolute atomic E-state index is 12.5. The fourth-order valence-corrected chi connectivity index (χ4v) is 3.49. The zero-order valence-electron chi connectivity index (χ0n) is 16.0. The summed E-state index contributed by atoms with van der Waals surface area (Å²) in [4.78, 5) is 12.5. The molecule has 1 N–H and O–H groups in total. The smallest absolute Gasteiger partial charge is 0.225 e. The van der Waals surface area contributed by atoms with E-state index in [4.69, 9.17) is 0 Å². The highest BCUT2D eigenvalue weighted by atomic mass is 16.2. The number of carbonyl (C=O) groups excluding carboxylic acids is 1. The van der Waals surface area contributed by atoms with Crippen LogP contribution >= 0.6 is 0 Å². The van der Waals surface area contributed by atoms with E-state index in [0.29, 0.717) is 0 Å². The van der Waals surface area contributed by atoms with Crippen LogP contribution < -0.4 is 5.32 Å². The minimum absolute atomic E-state index is 0.0370. The number of carbonyl (C=O) groups is 1. The third-order valence-corrected chi connectivity index (χ3v) is 4.92. The van der Waals surface area contributed by atoms with E-state index in [9.17, 15) is 4.79 Å². The summed E-state index contributed by atoms with van der Waals surface area (Å²) < 4.78 is 2.10. The molecule has 0 unspecified atom stereocenters. The largest absolute Gasteiger partial charge is 0.349 e. The third-order valence-electron chi connectivity index (χ3n) is 4.92. The van der Waals surface area contributed by atoms with Gasteiger partial charge in [-0.2, -0.15) is 5.10 Å². The zero-order valence-corrected chi connectivity index (χ0v) is 16.0. The third kappa shape index (κ3) is 3.94. The Labute approximate surface area is 150 Å². The van der Waals surface area contributed by atoms with Crippen LogP contribution in [-0.2, 0) is 17.8 Å². The van der Waals surface area contributed by atoms with Gasteiger partial charge in [0.15, 0.2) is 0 Å². The first-order valence-electron chi connectivity index (χ1n) is 9.05. The molecular formula is C21H29N3O. The van der Waals surface area contributed by atoms with E-state index in [1.54, 1.807) is 0 Å². The molecule has 4 nitrogen and oxygen atoms in total. The van der Waals surface area contributed by atoms with Gasteiger partial charge in [-0.1, -0.05) is 65.0 Å². The van der Waals surface area contributed by atoms with E-state index in [-0.39, 0.29) is 22.8 Å². The normalized spacial score (nSPS) is 19.3. The van der Waals surface area contributed by atoms with E-state index in [1.165, 1.54) is 16.8 Å². The Kier molecular flexibility index (Phi) is 4.48. The molecule has 1 atom stereocenters. The van der Waals surface area contributed by atoms with Gasteiger partial charge < -0.3 is 5.32 Å². The molecule has 1 heterocycles. The average molecular weight is 339 g/mol. The lowest BCUT2D eigenvalue weighted by Gasteiger charge is -2.37. The van der Waals surface area contributed by atoms with Crippen molar-refractivity contribution in [1.82, 2.24) is 15.1 Å². The number of rotatable bonds is 3. The SMILES string of the molecule is CC1(C)Cc2c(cnn2Cc2ccccc2)[C@H](NC(=O)C(C)(C)C)C1. The Morgan fingerprint density at radius 2 is 1.96 bits per heavy atom. The van der Waals surface area contributed by atoms with Gasteiger partial charge in [0.25, 0.3) is 0 Å². The number of nitrogens with one attached hydrogen (secondary N) is 1. The molecule has 1 aromatic heterocycles.